The number of carboxylic acid groups (broad SMARTS) is 1. The van der Waals surface area contributed by atoms with Gasteiger partial charge in [0.15, 0.2) is 5.69 Å². The van der Waals surface area contributed by atoms with E-state index in [4.69, 9.17) is 9.84 Å². The fraction of sp³-hybridized carbons (Fsp3) is 0.389. The lowest BCUT2D eigenvalue weighted by Gasteiger charge is -2.05. The molecule has 0 spiro atoms. The summed E-state index contributed by atoms with van der Waals surface area (Å²) in [6.45, 7) is 0.280. The van der Waals surface area contributed by atoms with Crippen molar-refractivity contribution in [3.63, 3.8) is 0 Å². The second-order valence-electron chi connectivity index (χ2n) is 5.62. The third-order valence-corrected chi connectivity index (χ3v) is 4.58. The second-order valence-corrected chi connectivity index (χ2v) is 6.56. The topological polar surface area (TPSA) is 88.5 Å². The van der Waals surface area contributed by atoms with Crippen molar-refractivity contribution < 1.29 is 19.4 Å². The van der Waals surface area contributed by atoms with E-state index in [1.54, 1.807) is 7.11 Å². The Morgan fingerprint density at radius 2 is 1.96 bits per heavy atom. The molecule has 0 aliphatic heterocycles. The predicted octanol–water partition coefficient (Wildman–Crippen LogP) is 3.27. The minimum absolute atomic E-state index is 0.0211. The van der Waals surface area contributed by atoms with Crippen LogP contribution in [0.5, 0.6) is 5.75 Å². The summed E-state index contributed by atoms with van der Waals surface area (Å²) >= 11 is 1.24. The number of amides is 1. The highest BCUT2D eigenvalue weighted by Crippen LogP contribution is 2.14. The van der Waals surface area contributed by atoms with E-state index in [1.165, 1.54) is 22.3 Å². The van der Waals surface area contributed by atoms with E-state index in [0.29, 0.717) is 11.4 Å². The number of ether oxygens (including phenoxy) is 1. The Hall–Kier alpha value is -2.41. The number of aromatic carboxylic acids is 1. The number of carbonyl (C=O) groups excluding carboxylic acids is 1. The van der Waals surface area contributed by atoms with E-state index < -0.39 is 5.97 Å². The molecule has 0 radical (unpaired) electrons. The number of rotatable bonds is 10. The summed E-state index contributed by atoms with van der Waals surface area (Å²) in [5, 5.41) is 13.7. The fourth-order valence-corrected chi connectivity index (χ4v) is 3.04. The number of methoxy groups -OCH3 is 1. The Morgan fingerprint density at radius 1 is 1.20 bits per heavy atom. The van der Waals surface area contributed by atoms with Crippen molar-refractivity contribution in [2.75, 3.05) is 7.11 Å². The average molecular weight is 362 g/mol. The number of aromatic nitrogens is 1. The van der Waals surface area contributed by atoms with Crippen molar-refractivity contribution in [1.82, 2.24) is 10.3 Å². The van der Waals surface area contributed by atoms with Gasteiger partial charge in [-0.3, -0.25) is 4.79 Å². The van der Waals surface area contributed by atoms with Gasteiger partial charge in [0, 0.05) is 11.8 Å². The predicted molar refractivity (Wildman–Crippen MR) is 96.1 cm³/mol. The van der Waals surface area contributed by atoms with Crippen molar-refractivity contribution in [3.05, 3.63) is 45.9 Å². The van der Waals surface area contributed by atoms with Crippen molar-refractivity contribution in [2.24, 2.45) is 0 Å². The van der Waals surface area contributed by atoms with E-state index in [9.17, 15) is 9.59 Å². The first kappa shape index (κ1) is 18.9. The number of unbranched alkanes of at least 4 members (excludes halogenated alkanes) is 2. The highest BCUT2D eigenvalue weighted by atomic mass is 32.1. The Morgan fingerprint density at radius 3 is 2.60 bits per heavy atom. The van der Waals surface area contributed by atoms with E-state index in [1.807, 2.05) is 12.1 Å². The van der Waals surface area contributed by atoms with Crippen LogP contribution >= 0.6 is 11.3 Å². The standard InChI is InChI=1S/C18H22N2O4S/c1-24-14-9-7-13(8-10-14)5-3-2-4-6-16(21)19-11-17-20-15(12-25-17)18(22)23/h7-10,12H,2-6,11H2,1H3,(H,19,21)(H,22,23). The average Bonchev–Trinajstić information content (AvgIpc) is 3.09. The van der Waals surface area contributed by atoms with Crippen LogP contribution in [0.2, 0.25) is 0 Å². The molecule has 1 heterocycles. The Balaban J connectivity index is 1.57. The van der Waals surface area contributed by atoms with Crippen LogP contribution in [0.25, 0.3) is 0 Å². The van der Waals surface area contributed by atoms with Crippen LogP contribution in [-0.4, -0.2) is 29.1 Å². The van der Waals surface area contributed by atoms with Gasteiger partial charge in [-0.15, -0.1) is 11.3 Å². The van der Waals surface area contributed by atoms with Gasteiger partial charge in [-0.25, -0.2) is 9.78 Å². The number of benzene rings is 1. The van der Waals surface area contributed by atoms with E-state index in [-0.39, 0.29) is 18.1 Å². The largest absolute Gasteiger partial charge is 0.497 e. The maximum Gasteiger partial charge on any atom is 0.355 e. The molecule has 2 N–H and O–H groups in total. The van der Waals surface area contributed by atoms with Crippen LogP contribution in [0.4, 0.5) is 0 Å². The number of carboxylic acids is 1. The number of nitrogens with zero attached hydrogens (tertiary/aromatic N) is 1. The molecule has 1 aromatic carbocycles. The molecule has 0 saturated carbocycles. The van der Waals surface area contributed by atoms with Gasteiger partial charge in [-0.2, -0.15) is 0 Å². The summed E-state index contributed by atoms with van der Waals surface area (Å²) < 4.78 is 5.13. The van der Waals surface area contributed by atoms with Gasteiger partial charge in [-0.1, -0.05) is 18.6 Å². The maximum atomic E-state index is 11.8. The molecule has 0 unspecified atom stereocenters. The first-order chi connectivity index (χ1) is 12.1. The van der Waals surface area contributed by atoms with Gasteiger partial charge in [-0.05, 0) is 37.0 Å². The van der Waals surface area contributed by atoms with Crippen molar-refractivity contribution in [1.29, 1.82) is 0 Å². The summed E-state index contributed by atoms with van der Waals surface area (Å²) in [5.74, 6) is -0.224. The van der Waals surface area contributed by atoms with Gasteiger partial charge >= 0.3 is 5.97 Å². The zero-order valence-electron chi connectivity index (χ0n) is 14.2. The van der Waals surface area contributed by atoms with E-state index in [0.717, 1.165) is 31.4 Å². The molecule has 0 aliphatic carbocycles. The molecule has 0 atom stereocenters. The van der Waals surface area contributed by atoms with Crippen LogP contribution in [0.3, 0.4) is 0 Å². The van der Waals surface area contributed by atoms with Gasteiger partial charge in [0.1, 0.15) is 10.8 Å². The molecule has 0 saturated heterocycles. The number of carbonyl (C=O) groups is 2. The molecule has 1 aromatic heterocycles. The fourth-order valence-electron chi connectivity index (χ4n) is 2.34. The number of aryl methyl sites for hydroxylation is 1. The number of hydrogen-bond acceptors (Lipinski definition) is 5. The Labute approximate surface area is 150 Å². The van der Waals surface area contributed by atoms with Gasteiger partial charge in [0.05, 0.1) is 13.7 Å². The summed E-state index contributed by atoms with van der Waals surface area (Å²) in [6, 6.07) is 8.03. The van der Waals surface area contributed by atoms with Gasteiger partial charge in [0.2, 0.25) is 5.91 Å². The van der Waals surface area contributed by atoms with Crippen LogP contribution in [0.15, 0.2) is 29.6 Å². The van der Waals surface area contributed by atoms with E-state index >= 15 is 0 Å². The highest BCUT2D eigenvalue weighted by Gasteiger charge is 2.09. The summed E-state index contributed by atoms with van der Waals surface area (Å²) in [5.41, 5.74) is 1.29. The molecule has 2 rings (SSSR count). The SMILES string of the molecule is COc1ccc(CCCCCC(=O)NCc2nc(C(=O)O)cs2)cc1. The lowest BCUT2D eigenvalue weighted by molar-refractivity contribution is -0.121. The molecular formula is C18H22N2O4S. The number of thiazole rings is 1. The summed E-state index contributed by atoms with van der Waals surface area (Å²) in [4.78, 5) is 26.5. The smallest absolute Gasteiger partial charge is 0.355 e. The molecular weight excluding hydrogens is 340 g/mol. The minimum atomic E-state index is -1.05. The third kappa shape index (κ3) is 6.54. The van der Waals surface area contributed by atoms with Crippen molar-refractivity contribution in [2.45, 2.75) is 38.6 Å². The zero-order chi connectivity index (χ0) is 18.1. The zero-order valence-corrected chi connectivity index (χ0v) is 15.0. The van der Waals surface area contributed by atoms with E-state index in [2.05, 4.69) is 22.4 Å². The monoisotopic (exact) mass is 362 g/mol. The second kappa shape index (κ2) is 9.78. The first-order valence-electron chi connectivity index (χ1n) is 8.16. The summed E-state index contributed by atoms with van der Waals surface area (Å²) in [7, 11) is 1.65. The van der Waals surface area contributed by atoms with Crippen LogP contribution in [0, 0.1) is 0 Å². The van der Waals surface area contributed by atoms with Crippen molar-refractivity contribution in [3.8, 4) is 5.75 Å². The van der Waals surface area contributed by atoms with Gasteiger partial charge < -0.3 is 15.2 Å². The molecule has 0 aliphatic rings. The minimum Gasteiger partial charge on any atom is -0.497 e. The molecule has 1 amide bonds. The lowest BCUT2D eigenvalue weighted by atomic mass is 10.1. The quantitative estimate of drug-likeness (QED) is 0.633. The maximum absolute atomic E-state index is 11.8. The first-order valence-corrected chi connectivity index (χ1v) is 9.04. The molecule has 0 fully saturated rings. The van der Waals surface area contributed by atoms with Crippen LogP contribution in [-0.2, 0) is 17.8 Å². The molecule has 25 heavy (non-hydrogen) atoms. The molecule has 6 nitrogen and oxygen atoms in total. The molecule has 7 heteroatoms. The molecule has 134 valence electrons. The van der Waals surface area contributed by atoms with Crippen LogP contribution < -0.4 is 10.1 Å². The molecule has 2 aromatic rings. The third-order valence-electron chi connectivity index (χ3n) is 3.74. The summed E-state index contributed by atoms with van der Waals surface area (Å²) in [6.07, 6.45) is 4.32. The number of hydrogen-bond donors (Lipinski definition) is 2. The lowest BCUT2D eigenvalue weighted by Crippen LogP contribution is -2.22. The van der Waals surface area contributed by atoms with Crippen molar-refractivity contribution >= 4 is 23.2 Å². The normalized spacial score (nSPS) is 10.4. The molecule has 0 bridgehead atoms. The highest BCUT2D eigenvalue weighted by molar-refractivity contribution is 7.09. The number of nitrogens with one attached hydrogen (secondary N) is 1. The van der Waals surface area contributed by atoms with Crippen LogP contribution in [0.1, 0.15) is 46.7 Å². The Bertz CT molecular complexity index is 697. The van der Waals surface area contributed by atoms with Gasteiger partial charge in [0.25, 0.3) is 0 Å². The Kier molecular flexibility index (Phi) is 7.40.